The average molecular weight is 454 g/mol. The Balaban J connectivity index is 1.67. The summed E-state index contributed by atoms with van der Waals surface area (Å²) in [7, 11) is 0. The van der Waals surface area contributed by atoms with E-state index in [2.05, 4.69) is 15.5 Å². The summed E-state index contributed by atoms with van der Waals surface area (Å²) in [6.07, 6.45) is -2.69. The van der Waals surface area contributed by atoms with Gasteiger partial charge in [-0.05, 0) is 36.8 Å². The molecule has 0 radical (unpaired) electrons. The molecule has 33 heavy (non-hydrogen) atoms. The van der Waals surface area contributed by atoms with Gasteiger partial charge in [0.2, 0.25) is 0 Å². The molecule has 2 aromatic heterocycles. The fraction of sp³-hybridized carbons (Fsp3) is 0.0909. The van der Waals surface area contributed by atoms with Gasteiger partial charge >= 0.3 is 6.18 Å². The van der Waals surface area contributed by atoms with E-state index < -0.39 is 29.2 Å². The fourth-order valence-electron chi connectivity index (χ4n) is 3.27. The third kappa shape index (κ3) is 4.18. The molecular formula is C22H14F4N6O. The van der Waals surface area contributed by atoms with Crippen molar-refractivity contribution in [2.24, 2.45) is 0 Å². The summed E-state index contributed by atoms with van der Waals surface area (Å²) in [5.41, 5.74) is -1.20. The molecule has 166 valence electrons. The topological polar surface area (TPSA) is 88.5 Å². The van der Waals surface area contributed by atoms with Crippen molar-refractivity contribution in [3.8, 4) is 17.4 Å². The van der Waals surface area contributed by atoms with Gasteiger partial charge in [-0.2, -0.15) is 28.6 Å². The van der Waals surface area contributed by atoms with Gasteiger partial charge < -0.3 is 5.32 Å². The predicted octanol–water partition coefficient (Wildman–Crippen LogP) is 4.65. The standard InChI is InChI=1S/C22H14F4N6O/c1-13-4-2-5-14(10-13)32-20(22(24,25)26)16(12-28-32)21(33)29-19-8-9-31(30-19)18-7-3-6-17(23)15(18)11-27/h2-10,12H,1H3,(H,29,30,33). The van der Waals surface area contributed by atoms with Crippen LogP contribution in [-0.4, -0.2) is 25.5 Å². The summed E-state index contributed by atoms with van der Waals surface area (Å²) in [6, 6.07) is 13.2. The number of hydrogen-bond acceptors (Lipinski definition) is 4. The van der Waals surface area contributed by atoms with E-state index in [1.165, 1.54) is 36.5 Å². The molecule has 1 amide bonds. The van der Waals surface area contributed by atoms with Gasteiger partial charge in [0.1, 0.15) is 17.4 Å². The number of rotatable bonds is 4. The second kappa shape index (κ2) is 8.23. The average Bonchev–Trinajstić information content (AvgIpc) is 3.41. The smallest absolute Gasteiger partial charge is 0.305 e. The Bertz CT molecular complexity index is 1400. The molecule has 4 rings (SSSR count). The lowest BCUT2D eigenvalue weighted by Crippen LogP contribution is -2.21. The number of hydrogen-bond donors (Lipinski definition) is 1. The van der Waals surface area contributed by atoms with Gasteiger partial charge in [-0.3, -0.25) is 4.79 Å². The van der Waals surface area contributed by atoms with Crippen LogP contribution in [0.5, 0.6) is 0 Å². The zero-order valence-corrected chi connectivity index (χ0v) is 16.9. The number of benzene rings is 2. The number of anilines is 1. The number of nitriles is 1. The molecule has 7 nitrogen and oxygen atoms in total. The van der Waals surface area contributed by atoms with E-state index >= 15 is 0 Å². The quantitative estimate of drug-likeness (QED) is 0.455. The highest BCUT2D eigenvalue weighted by Gasteiger charge is 2.40. The van der Waals surface area contributed by atoms with E-state index in [-0.39, 0.29) is 22.8 Å². The van der Waals surface area contributed by atoms with E-state index in [9.17, 15) is 22.4 Å². The minimum absolute atomic E-state index is 0.0930. The van der Waals surface area contributed by atoms with Crippen molar-refractivity contribution in [1.29, 1.82) is 5.26 Å². The van der Waals surface area contributed by atoms with Crippen LogP contribution in [0.4, 0.5) is 23.4 Å². The highest BCUT2D eigenvalue weighted by atomic mass is 19.4. The highest BCUT2D eigenvalue weighted by molar-refractivity contribution is 6.04. The zero-order chi connectivity index (χ0) is 23.8. The van der Waals surface area contributed by atoms with Crippen LogP contribution in [0.3, 0.4) is 0 Å². The number of carbonyl (C=O) groups excluding carboxylic acids is 1. The van der Waals surface area contributed by atoms with Gasteiger partial charge in [0, 0.05) is 12.3 Å². The molecule has 0 atom stereocenters. The Kier molecular flexibility index (Phi) is 5.43. The molecule has 4 aromatic rings. The molecule has 0 aliphatic heterocycles. The van der Waals surface area contributed by atoms with Crippen molar-refractivity contribution in [3.05, 3.63) is 89.1 Å². The second-order valence-corrected chi connectivity index (χ2v) is 7.00. The van der Waals surface area contributed by atoms with Gasteiger partial charge in [-0.25, -0.2) is 13.8 Å². The molecular weight excluding hydrogens is 440 g/mol. The number of halogens is 4. The highest BCUT2D eigenvalue weighted by Crippen LogP contribution is 2.34. The molecule has 1 N–H and O–H groups in total. The summed E-state index contributed by atoms with van der Waals surface area (Å²) in [4.78, 5) is 12.7. The molecule has 0 aliphatic rings. The molecule has 2 aromatic carbocycles. The third-order valence-corrected chi connectivity index (χ3v) is 4.71. The maximum absolute atomic E-state index is 13.8. The monoisotopic (exact) mass is 454 g/mol. The minimum atomic E-state index is -4.87. The van der Waals surface area contributed by atoms with Crippen LogP contribution >= 0.6 is 0 Å². The number of aromatic nitrogens is 4. The lowest BCUT2D eigenvalue weighted by molar-refractivity contribution is -0.143. The van der Waals surface area contributed by atoms with Crippen LogP contribution in [0.15, 0.2) is 60.9 Å². The molecule has 11 heteroatoms. The number of alkyl halides is 3. The van der Waals surface area contributed by atoms with Gasteiger partial charge in [0.05, 0.1) is 23.1 Å². The number of nitrogens with one attached hydrogen (secondary N) is 1. The van der Waals surface area contributed by atoms with Crippen LogP contribution in [0.25, 0.3) is 11.4 Å². The summed E-state index contributed by atoms with van der Waals surface area (Å²) in [5, 5.41) is 19.3. The zero-order valence-electron chi connectivity index (χ0n) is 16.9. The number of nitrogens with zero attached hydrogens (tertiary/aromatic N) is 5. The largest absolute Gasteiger partial charge is 0.434 e. The number of amides is 1. The van der Waals surface area contributed by atoms with Gasteiger partial charge in [-0.1, -0.05) is 18.2 Å². The number of carbonyl (C=O) groups is 1. The Morgan fingerprint density at radius 2 is 1.91 bits per heavy atom. The Morgan fingerprint density at radius 3 is 2.61 bits per heavy atom. The number of aryl methyl sites for hydroxylation is 1. The SMILES string of the molecule is Cc1cccc(-n2ncc(C(=O)Nc3ccn(-c4cccc(F)c4C#N)n3)c2C(F)(F)F)c1. The summed E-state index contributed by atoms with van der Waals surface area (Å²) < 4.78 is 57.2. The first kappa shape index (κ1) is 21.8. The maximum Gasteiger partial charge on any atom is 0.434 e. The summed E-state index contributed by atoms with van der Waals surface area (Å²) >= 11 is 0. The summed E-state index contributed by atoms with van der Waals surface area (Å²) in [6.45, 7) is 1.72. The van der Waals surface area contributed by atoms with Crippen LogP contribution in [-0.2, 0) is 6.18 Å². The van der Waals surface area contributed by atoms with Crippen LogP contribution < -0.4 is 5.32 Å². The van der Waals surface area contributed by atoms with E-state index in [0.29, 0.717) is 4.68 Å². The van der Waals surface area contributed by atoms with E-state index in [0.717, 1.165) is 22.5 Å². The lowest BCUT2D eigenvalue weighted by atomic mass is 10.2. The Labute approximate surface area is 184 Å². The first-order valence-electron chi connectivity index (χ1n) is 9.47. The molecule has 0 saturated carbocycles. The second-order valence-electron chi connectivity index (χ2n) is 7.00. The predicted molar refractivity (Wildman–Crippen MR) is 109 cm³/mol. The van der Waals surface area contributed by atoms with Crippen LogP contribution in [0.2, 0.25) is 0 Å². The molecule has 2 heterocycles. The first-order valence-corrected chi connectivity index (χ1v) is 9.47. The first-order chi connectivity index (χ1) is 15.7. The molecule has 0 spiro atoms. The fourth-order valence-corrected chi connectivity index (χ4v) is 3.27. The lowest BCUT2D eigenvalue weighted by Gasteiger charge is -2.13. The Morgan fingerprint density at radius 1 is 1.15 bits per heavy atom. The van der Waals surface area contributed by atoms with E-state index in [1.807, 2.05) is 0 Å². The van der Waals surface area contributed by atoms with Crippen molar-refractivity contribution >= 4 is 11.7 Å². The summed E-state index contributed by atoms with van der Waals surface area (Å²) in [5.74, 6) is -1.93. The normalized spacial score (nSPS) is 11.3. The molecule has 0 unspecified atom stereocenters. The molecule has 0 saturated heterocycles. The van der Waals surface area contributed by atoms with Gasteiger partial charge in [0.25, 0.3) is 5.91 Å². The van der Waals surface area contributed by atoms with Crippen molar-refractivity contribution in [2.75, 3.05) is 5.32 Å². The molecule has 0 aliphatic carbocycles. The van der Waals surface area contributed by atoms with E-state index in [4.69, 9.17) is 5.26 Å². The van der Waals surface area contributed by atoms with E-state index in [1.54, 1.807) is 25.1 Å². The molecule has 0 fully saturated rings. The van der Waals surface area contributed by atoms with Crippen molar-refractivity contribution in [1.82, 2.24) is 19.6 Å². The van der Waals surface area contributed by atoms with Gasteiger partial charge in [-0.15, -0.1) is 0 Å². The van der Waals surface area contributed by atoms with Crippen molar-refractivity contribution in [3.63, 3.8) is 0 Å². The third-order valence-electron chi connectivity index (χ3n) is 4.71. The van der Waals surface area contributed by atoms with Crippen molar-refractivity contribution < 1.29 is 22.4 Å². The maximum atomic E-state index is 13.8. The van der Waals surface area contributed by atoms with Crippen molar-refractivity contribution in [2.45, 2.75) is 13.1 Å². The molecule has 0 bridgehead atoms. The van der Waals surface area contributed by atoms with Crippen LogP contribution in [0, 0.1) is 24.1 Å². The van der Waals surface area contributed by atoms with Crippen LogP contribution in [0.1, 0.15) is 27.2 Å². The Hall–Kier alpha value is -4.46. The minimum Gasteiger partial charge on any atom is -0.305 e. The van der Waals surface area contributed by atoms with Gasteiger partial charge in [0.15, 0.2) is 11.5 Å².